The Balaban J connectivity index is 2.15. The lowest BCUT2D eigenvalue weighted by molar-refractivity contribution is 0.210. The van der Waals surface area contributed by atoms with E-state index in [0.717, 1.165) is 24.1 Å². The molecule has 3 nitrogen and oxygen atoms in total. The number of benzene rings is 1. The van der Waals surface area contributed by atoms with E-state index in [1.54, 1.807) is 0 Å². The summed E-state index contributed by atoms with van der Waals surface area (Å²) in [7, 11) is 4.21. The van der Waals surface area contributed by atoms with Crippen LogP contribution in [0.25, 0.3) is 0 Å². The number of rotatable bonds is 3. The molecule has 2 N–H and O–H groups in total. The van der Waals surface area contributed by atoms with Gasteiger partial charge in [-0.3, -0.25) is 0 Å². The smallest absolute Gasteiger partial charge is 0.0486 e. The highest BCUT2D eigenvalue weighted by Crippen LogP contribution is 2.22. The summed E-state index contributed by atoms with van der Waals surface area (Å²) in [5, 5.41) is 7.02. The number of hydrogen-bond donors (Lipinski definition) is 2. The fourth-order valence-corrected chi connectivity index (χ4v) is 2.87. The van der Waals surface area contributed by atoms with E-state index in [9.17, 15) is 0 Å². The summed E-state index contributed by atoms with van der Waals surface area (Å²) in [6.45, 7) is 3.27. The molecule has 1 aromatic rings. The van der Waals surface area contributed by atoms with Crippen LogP contribution in [0.4, 0.5) is 0 Å². The van der Waals surface area contributed by atoms with E-state index < -0.39 is 0 Å². The third-order valence-corrected chi connectivity index (χ3v) is 3.82. The fraction of sp³-hybridized carbons (Fsp3) is 0.538. The first kappa shape index (κ1) is 13.0. The lowest BCUT2D eigenvalue weighted by Gasteiger charge is -2.36. The summed E-state index contributed by atoms with van der Waals surface area (Å²) in [4.78, 5) is 2.38. The number of nitrogens with one attached hydrogen (secondary N) is 2. The topological polar surface area (TPSA) is 27.3 Å². The lowest BCUT2D eigenvalue weighted by Crippen LogP contribution is -2.54. The molecule has 1 fully saturated rings. The third-order valence-electron chi connectivity index (χ3n) is 3.33. The van der Waals surface area contributed by atoms with Gasteiger partial charge in [-0.15, -0.1) is 0 Å². The lowest BCUT2D eigenvalue weighted by atomic mass is 9.98. The minimum Gasteiger partial charge on any atom is -0.312 e. The van der Waals surface area contributed by atoms with Crippen LogP contribution in [0, 0.1) is 0 Å². The van der Waals surface area contributed by atoms with Crippen molar-refractivity contribution in [1.29, 1.82) is 0 Å². The first-order valence-corrected chi connectivity index (χ1v) is 6.84. The second-order valence-corrected chi connectivity index (χ2v) is 5.56. The van der Waals surface area contributed by atoms with Crippen molar-refractivity contribution in [3.05, 3.63) is 34.3 Å². The average molecular weight is 298 g/mol. The van der Waals surface area contributed by atoms with Crippen molar-refractivity contribution in [2.45, 2.75) is 12.1 Å². The van der Waals surface area contributed by atoms with Crippen LogP contribution in [0.3, 0.4) is 0 Å². The van der Waals surface area contributed by atoms with E-state index >= 15 is 0 Å². The highest BCUT2D eigenvalue weighted by molar-refractivity contribution is 9.10. The number of piperazine rings is 1. The molecule has 0 aliphatic carbocycles. The summed E-state index contributed by atoms with van der Waals surface area (Å²) in [5.74, 6) is 0. The van der Waals surface area contributed by atoms with Crippen molar-refractivity contribution in [2.24, 2.45) is 0 Å². The van der Waals surface area contributed by atoms with Crippen molar-refractivity contribution in [3.8, 4) is 0 Å². The Labute approximate surface area is 112 Å². The molecule has 4 heteroatoms. The highest BCUT2D eigenvalue weighted by Gasteiger charge is 2.25. The molecule has 0 saturated carbocycles. The molecule has 94 valence electrons. The van der Waals surface area contributed by atoms with Crippen LogP contribution in [0.2, 0.25) is 0 Å². The van der Waals surface area contributed by atoms with Gasteiger partial charge >= 0.3 is 0 Å². The summed E-state index contributed by atoms with van der Waals surface area (Å²) in [6.07, 6.45) is 0. The number of hydrogen-bond acceptors (Lipinski definition) is 3. The van der Waals surface area contributed by atoms with Gasteiger partial charge in [0, 0.05) is 36.2 Å². The van der Waals surface area contributed by atoms with Crippen molar-refractivity contribution in [3.63, 3.8) is 0 Å². The fourth-order valence-electron chi connectivity index (χ4n) is 2.46. The molecular formula is C13H20BrN3. The second-order valence-electron chi connectivity index (χ2n) is 4.64. The van der Waals surface area contributed by atoms with Crippen molar-refractivity contribution in [2.75, 3.05) is 33.7 Å². The Hall–Kier alpha value is -0.420. The molecule has 0 amide bonds. The normalized spacial score (nSPS) is 23.6. The molecule has 1 saturated heterocycles. The van der Waals surface area contributed by atoms with Gasteiger partial charge < -0.3 is 15.5 Å². The predicted molar refractivity (Wildman–Crippen MR) is 75.2 cm³/mol. The van der Waals surface area contributed by atoms with Gasteiger partial charge in [0.25, 0.3) is 0 Å². The largest absolute Gasteiger partial charge is 0.312 e. The number of halogens is 1. The zero-order chi connectivity index (χ0) is 12.3. The van der Waals surface area contributed by atoms with Gasteiger partial charge in [-0.25, -0.2) is 0 Å². The molecular weight excluding hydrogens is 278 g/mol. The van der Waals surface area contributed by atoms with E-state index in [4.69, 9.17) is 0 Å². The zero-order valence-electron chi connectivity index (χ0n) is 10.4. The Morgan fingerprint density at radius 2 is 2.35 bits per heavy atom. The van der Waals surface area contributed by atoms with Gasteiger partial charge in [0.15, 0.2) is 0 Å². The van der Waals surface area contributed by atoms with Crippen LogP contribution in [-0.4, -0.2) is 44.7 Å². The van der Waals surface area contributed by atoms with Crippen LogP contribution in [0.1, 0.15) is 11.6 Å². The van der Waals surface area contributed by atoms with E-state index in [1.165, 1.54) is 5.56 Å². The van der Waals surface area contributed by atoms with Crippen LogP contribution in [0.5, 0.6) is 0 Å². The maximum absolute atomic E-state index is 3.60. The highest BCUT2D eigenvalue weighted by atomic mass is 79.9. The van der Waals surface area contributed by atoms with E-state index in [2.05, 4.69) is 62.8 Å². The van der Waals surface area contributed by atoms with Gasteiger partial charge in [-0.1, -0.05) is 28.1 Å². The third kappa shape index (κ3) is 3.28. The second kappa shape index (κ2) is 5.96. The minimum atomic E-state index is 0.357. The quantitative estimate of drug-likeness (QED) is 0.888. The minimum absolute atomic E-state index is 0.357. The van der Waals surface area contributed by atoms with E-state index in [1.807, 2.05) is 7.05 Å². The monoisotopic (exact) mass is 297 g/mol. The summed E-state index contributed by atoms with van der Waals surface area (Å²) in [6, 6.07) is 9.36. The van der Waals surface area contributed by atoms with Gasteiger partial charge in [0.2, 0.25) is 0 Å². The standard InChI is InChI=1S/C13H20BrN3/c1-15-13(10-4-3-5-11(14)8-10)12-9-17(2)7-6-16-12/h3-5,8,12-13,15-16H,6-7,9H2,1-2H3. The Morgan fingerprint density at radius 3 is 3.00 bits per heavy atom. The molecule has 0 radical (unpaired) electrons. The van der Waals surface area contributed by atoms with Crippen molar-refractivity contribution < 1.29 is 0 Å². The van der Waals surface area contributed by atoms with Crippen LogP contribution < -0.4 is 10.6 Å². The maximum Gasteiger partial charge on any atom is 0.0486 e. The Kier molecular flexibility index (Phi) is 4.56. The number of nitrogens with zero attached hydrogens (tertiary/aromatic N) is 1. The van der Waals surface area contributed by atoms with Gasteiger partial charge in [-0.05, 0) is 31.8 Å². The molecule has 17 heavy (non-hydrogen) atoms. The molecule has 0 spiro atoms. The summed E-state index contributed by atoms with van der Waals surface area (Å²) < 4.78 is 1.14. The van der Waals surface area contributed by atoms with Crippen molar-refractivity contribution >= 4 is 15.9 Å². The maximum atomic E-state index is 3.60. The molecule has 0 bridgehead atoms. The zero-order valence-corrected chi connectivity index (χ0v) is 12.0. The first-order chi connectivity index (χ1) is 8.20. The molecule has 2 rings (SSSR count). The first-order valence-electron chi connectivity index (χ1n) is 6.05. The molecule has 1 aromatic carbocycles. The predicted octanol–water partition coefficient (Wildman–Crippen LogP) is 1.61. The molecule has 0 aromatic heterocycles. The van der Waals surface area contributed by atoms with E-state index in [0.29, 0.717) is 12.1 Å². The van der Waals surface area contributed by atoms with Crippen LogP contribution >= 0.6 is 15.9 Å². The van der Waals surface area contributed by atoms with Gasteiger partial charge in [0.1, 0.15) is 0 Å². The van der Waals surface area contributed by atoms with Crippen LogP contribution in [0.15, 0.2) is 28.7 Å². The molecule has 2 atom stereocenters. The average Bonchev–Trinajstić information content (AvgIpc) is 2.30. The molecule has 1 heterocycles. The van der Waals surface area contributed by atoms with Crippen LogP contribution in [-0.2, 0) is 0 Å². The summed E-state index contributed by atoms with van der Waals surface area (Å²) >= 11 is 3.54. The molecule has 2 unspecified atom stereocenters. The molecule has 1 aliphatic heterocycles. The SMILES string of the molecule is CNC(c1cccc(Br)c1)C1CN(C)CCN1. The molecule has 1 aliphatic rings. The Bertz CT molecular complexity index is 369. The van der Waals surface area contributed by atoms with Gasteiger partial charge in [0.05, 0.1) is 0 Å². The van der Waals surface area contributed by atoms with Crippen molar-refractivity contribution in [1.82, 2.24) is 15.5 Å². The van der Waals surface area contributed by atoms with E-state index in [-0.39, 0.29) is 0 Å². The van der Waals surface area contributed by atoms with Gasteiger partial charge in [-0.2, -0.15) is 0 Å². The Morgan fingerprint density at radius 1 is 1.53 bits per heavy atom. The number of likely N-dealkylation sites (N-methyl/N-ethyl adjacent to an activating group) is 2. The summed E-state index contributed by atoms with van der Waals surface area (Å²) in [5.41, 5.74) is 1.33.